The molecule has 1 atom stereocenters. The lowest BCUT2D eigenvalue weighted by atomic mass is 10.1. The van der Waals surface area contributed by atoms with Gasteiger partial charge in [0.2, 0.25) is 0 Å². The highest BCUT2D eigenvalue weighted by atomic mass is 16.4. The number of hydrogen-bond donors (Lipinski definition) is 2. The van der Waals surface area contributed by atoms with Crippen molar-refractivity contribution in [3.05, 3.63) is 35.4 Å². The first-order chi connectivity index (χ1) is 9.45. The third kappa shape index (κ3) is 4.50. The van der Waals surface area contributed by atoms with E-state index in [-0.39, 0.29) is 5.78 Å². The fraction of sp³-hybridized carbons (Fsp3) is 0.400. The monoisotopic (exact) mass is 277 g/mol. The number of ketones is 1. The first-order valence-electron chi connectivity index (χ1n) is 6.60. The van der Waals surface area contributed by atoms with Gasteiger partial charge in [-0.1, -0.05) is 31.9 Å². The minimum atomic E-state index is -1.04. The third-order valence-corrected chi connectivity index (χ3v) is 3.00. The topological polar surface area (TPSA) is 83.5 Å². The Labute approximate surface area is 118 Å². The lowest BCUT2D eigenvalue weighted by molar-refractivity contribution is -0.139. The molecule has 0 aliphatic heterocycles. The molecule has 0 aliphatic rings. The molecule has 5 nitrogen and oxygen atoms in total. The third-order valence-electron chi connectivity index (χ3n) is 3.00. The molecule has 1 unspecified atom stereocenters. The predicted molar refractivity (Wildman–Crippen MR) is 74.9 cm³/mol. The molecule has 0 saturated carbocycles. The lowest BCUT2D eigenvalue weighted by Gasteiger charge is -2.14. The van der Waals surface area contributed by atoms with Crippen molar-refractivity contribution in [1.82, 2.24) is 5.32 Å². The van der Waals surface area contributed by atoms with Crippen LogP contribution in [0.3, 0.4) is 0 Å². The summed E-state index contributed by atoms with van der Waals surface area (Å²) in [5.74, 6) is -1.56. The van der Waals surface area contributed by atoms with E-state index in [1.54, 1.807) is 12.1 Å². The molecule has 2 N–H and O–H groups in total. The minimum absolute atomic E-state index is 0.0803. The smallest absolute Gasteiger partial charge is 0.326 e. The van der Waals surface area contributed by atoms with Crippen LogP contribution in [0.1, 0.15) is 53.8 Å². The molecule has 20 heavy (non-hydrogen) atoms. The van der Waals surface area contributed by atoms with Gasteiger partial charge < -0.3 is 10.4 Å². The number of carbonyl (C=O) groups is 3. The zero-order valence-electron chi connectivity index (χ0n) is 11.7. The number of hydrogen-bond acceptors (Lipinski definition) is 3. The normalized spacial score (nSPS) is 11.7. The molecule has 0 spiro atoms. The average molecular weight is 277 g/mol. The standard InChI is InChI=1S/C15H19NO4/c1-3-4-5-13(15(19)20)16-14(18)12-8-6-11(7-9-12)10(2)17/h6-9,13H,3-5H2,1-2H3,(H,16,18)(H,19,20). The number of rotatable bonds is 7. The van der Waals surface area contributed by atoms with Crippen molar-refractivity contribution >= 4 is 17.7 Å². The van der Waals surface area contributed by atoms with Crippen molar-refractivity contribution < 1.29 is 19.5 Å². The molecule has 0 fully saturated rings. The van der Waals surface area contributed by atoms with Crippen LogP contribution in [0.15, 0.2) is 24.3 Å². The number of benzene rings is 1. The van der Waals surface area contributed by atoms with Gasteiger partial charge in [-0.2, -0.15) is 0 Å². The van der Waals surface area contributed by atoms with Gasteiger partial charge in [-0.15, -0.1) is 0 Å². The Morgan fingerprint density at radius 3 is 2.15 bits per heavy atom. The molecule has 0 heterocycles. The number of amides is 1. The highest BCUT2D eigenvalue weighted by Gasteiger charge is 2.19. The largest absolute Gasteiger partial charge is 0.480 e. The summed E-state index contributed by atoms with van der Waals surface area (Å²) in [7, 11) is 0. The van der Waals surface area contributed by atoms with Crippen LogP contribution < -0.4 is 5.32 Å². The van der Waals surface area contributed by atoms with E-state index < -0.39 is 17.9 Å². The number of Topliss-reactive ketones (excluding diaryl/α,β-unsaturated/α-hetero) is 1. The summed E-state index contributed by atoms with van der Waals surface area (Å²) in [5, 5.41) is 11.5. The highest BCUT2D eigenvalue weighted by molar-refractivity contribution is 5.98. The lowest BCUT2D eigenvalue weighted by Crippen LogP contribution is -2.40. The molecule has 0 saturated heterocycles. The van der Waals surface area contributed by atoms with Crippen molar-refractivity contribution in [3.8, 4) is 0 Å². The maximum Gasteiger partial charge on any atom is 0.326 e. The van der Waals surface area contributed by atoms with E-state index in [1.807, 2.05) is 6.92 Å². The second-order valence-electron chi connectivity index (χ2n) is 4.64. The summed E-state index contributed by atoms with van der Waals surface area (Å²) in [6.45, 7) is 3.40. The number of carboxylic acids is 1. The zero-order chi connectivity index (χ0) is 15.1. The van der Waals surface area contributed by atoms with Crippen LogP contribution in [-0.4, -0.2) is 28.8 Å². The van der Waals surface area contributed by atoms with Crippen molar-refractivity contribution in [3.63, 3.8) is 0 Å². The van der Waals surface area contributed by atoms with Gasteiger partial charge in [0.15, 0.2) is 5.78 Å². The molecule has 1 aromatic carbocycles. The van der Waals surface area contributed by atoms with E-state index in [4.69, 9.17) is 5.11 Å². The van der Waals surface area contributed by atoms with E-state index in [2.05, 4.69) is 5.32 Å². The Hall–Kier alpha value is -2.17. The average Bonchev–Trinajstić information content (AvgIpc) is 2.42. The van der Waals surface area contributed by atoms with Crippen LogP contribution in [0, 0.1) is 0 Å². The quantitative estimate of drug-likeness (QED) is 0.749. The summed E-state index contributed by atoms with van der Waals surface area (Å²) in [6.07, 6.45) is 2.01. The molecule has 1 amide bonds. The molecular formula is C15H19NO4. The fourth-order valence-electron chi connectivity index (χ4n) is 1.76. The van der Waals surface area contributed by atoms with E-state index >= 15 is 0 Å². The molecule has 0 radical (unpaired) electrons. The van der Waals surface area contributed by atoms with Gasteiger partial charge in [0.1, 0.15) is 6.04 Å². The van der Waals surface area contributed by atoms with Crippen LogP contribution in [0.25, 0.3) is 0 Å². The van der Waals surface area contributed by atoms with Crippen LogP contribution in [0.2, 0.25) is 0 Å². The fourth-order valence-corrected chi connectivity index (χ4v) is 1.76. The van der Waals surface area contributed by atoms with Gasteiger partial charge in [0.25, 0.3) is 5.91 Å². The van der Waals surface area contributed by atoms with Crippen molar-refractivity contribution in [2.24, 2.45) is 0 Å². The molecule has 108 valence electrons. The molecular weight excluding hydrogens is 258 g/mol. The number of carboxylic acid groups (broad SMARTS) is 1. The second-order valence-corrected chi connectivity index (χ2v) is 4.64. The number of nitrogens with one attached hydrogen (secondary N) is 1. The molecule has 0 aliphatic carbocycles. The summed E-state index contributed by atoms with van der Waals surface area (Å²) in [6, 6.07) is 5.27. The summed E-state index contributed by atoms with van der Waals surface area (Å²) in [5.41, 5.74) is 0.861. The Morgan fingerprint density at radius 1 is 1.15 bits per heavy atom. The van der Waals surface area contributed by atoms with Crippen molar-refractivity contribution in [2.75, 3.05) is 0 Å². The summed E-state index contributed by atoms with van der Waals surface area (Å²) >= 11 is 0. The van der Waals surface area contributed by atoms with Crippen LogP contribution in [0.5, 0.6) is 0 Å². The maximum absolute atomic E-state index is 11.9. The van der Waals surface area contributed by atoms with Crippen molar-refractivity contribution in [1.29, 1.82) is 0 Å². The van der Waals surface area contributed by atoms with Gasteiger partial charge in [0.05, 0.1) is 0 Å². The minimum Gasteiger partial charge on any atom is -0.480 e. The van der Waals surface area contributed by atoms with Gasteiger partial charge in [-0.05, 0) is 25.5 Å². The Kier molecular flexibility index (Phi) is 5.90. The van der Waals surface area contributed by atoms with E-state index in [0.717, 1.165) is 12.8 Å². The van der Waals surface area contributed by atoms with Crippen LogP contribution in [-0.2, 0) is 4.79 Å². The van der Waals surface area contributed by atoms with Gasteiger partial charge in [-0.25, -0.2) is 4.79 Å². The van der Waals surface area contributed by atoms with Crippen molar-refractivity contribution in [2.45, 2.75) is 39.2 Å². The number of unbranched alkanes of at least 4 members (excludes halogenated alkanes) is 1. The second kappa shape index (κ2) is 7.43. The van der Waals surface area contributed by atoms with E-state index in [9.17, 15) is 14.4 Å². The Bertz CT molecular complexity index is 493. The zero-order valence-corrected chi connectivity index (χ0v) is 11.7. The first kappa shape index (κ1) is 15.9. The Morgan fingerprint density at radius 2 is 1.70 bits per heavy atom. The van der Waals surface area contributed by atoms with Crippen LogP contribution >= 0.6 is 0 Å². The number of carbonyl (C=O) groups excluding carboxylic acids is 2. The van der Waals surface area contributed by atoms with Gasteiger partial charge >= 0.3 is 5.97 Å². The van der Waals surface area contributed by atoms with Gasteiger partial charge in [-0.3, -0.25) is 9.59 Å². The molecule has 0 bridgehead atoms. The summed E-state index contributed by atoms with van der Waals surface area (Å²) in [4.78, 5) is 34.1. The Balaban J connectivity index is 2.73. The molecule has 5 heteroatoms. The van der Waals surface area contributed by atoms with Gasteiger partial charge in [0, 0.05) is 11.1 Å². The highest BCUT2D eigenvalue weighted by Crippen LogP contribution is 2.07. The summed E-state index contributed by atoms with van der Waals surface area (Å²) < 4.78 is 0. The first-order valence-corrected chi connectivity index (χ1v) is 6.60. The van der Waals surface area contributed by atoms with Crippen LogP contribution in [0.4, 0.5) is 0 Å². The van der Waals surface area contributed by atoms with E-state index in [0.29, 0.717) is 17.5 Å². The molecule has 1 aromatic rings. The predicted octanol–water partition coefficient (Wildman–Crippen LogP) is 2.26. The molecule has 0 aromatic heterocycles. The maximum atomic E-state index is 11.9. The van der Waals surface area contributed by atoms with E-state index in [1.165, 1.54) is 19.1 Å². The number of aliphatic carboxylic acids is 1. The molecule has 1 rings (SSSR count). The SMILES string of the molecule is CCCCC(NC(=O)c1ccc(C(C)=O)cc1)C(=O)O.